The Bertz CT molecular complexity index is 2390. The van der Waals surface area contributed by atoms with Crippen LogP contribution in [0.4, 0.5) is 0 Å². The molecule has 346 valence electrons. The molecule has 16 nitrogen and oxygen atoms in total. The standard InChI is InChI=1S/C49H56N2O14/c1-26-35(63-45(58)34(22-30-14-10-8-11-15-30)62-43(56)33-20-18-31(19-21-33)27(2)51-50)24-49(59)42(64-44(57)32-16-12-9-13-17-32)40-47(7,36(54)23-37-48(40,25-60-37)65-29(4)53)41(55)39(61-28(3)52)38(26)46(49,5)6/h8-10,12-14,16-21,34-37,39-40,42,54,59H,11,15,22-25,50H2,1-7H3/b51-27+/t34-,35+,36+,37-,39-,40?,42+,47-,48+,49-/m0/s1. The molecule has 5 aliphatic rings. The molecule has 0 radical (unpaired) electrons. The van der Waals surface area contributed by atoms with E-state index in [0.29, 0.717) is 24.1 Å². The minimum absolute atomic E-state index is 0.0375. The first-order valence-corrected chi connectivity index (χ1v) is 21.7. The van der Waals surface area contributed by atoms with E-state index in [1.165, 1.54) is 38.1 Å². The highest BCUT2D eigenvalue weighted by molar-refractivity contribution is 6.00. The Morgan fingerprint density at radius 1 is 0.908 bits per heavy atom. The van der Waals surface area contributed by atoms with Crippen molar-refractivity contribution < 1.29 is 67.4 Å². The summed E-state index contributed by atoms with van der Waals surface area (Å²) in [7, 11) is 0. The lowest BCUT2D eigenvalue weighted by Crippen LogP contribution is -2.82. The van der Waals surface area contributed by atoms with Crippen LogP contribution in [0, 0.1) is 16.7 Å². The third kappa shape index (κ3) is 8.20. The number of ether oxygens (including phenoxy) is 6. The van der Waals surface area contributed by atoms with E-state index in [9.17, 15) is 34.2 Å². The number of carbonyl (C=O) groups excluding carboxylic acids is 6. The summed E-state index contributed by atoms with van der Waals surface area (Å²) >= 11 is 0. The average molecular weight is 897 g/mol. The van der Waals surface area contributed by atoms with Crippen molar-refractivity contribution in [3.05, 3.63) is 106 Å². The molecule has 1 aliphatic heterocycles. The summed E-state index contributed by atoms with van der Waals surface area (Å²) < 4.78 is 36.5. The van der Waals surface area contributed by atoms with Crippen LogP contribution in [-0.2, 0) is 47.6 Å². The number of nitrogens with two attached hydrogens (primary N) is 1. The van der Waals surface area contributed by atoms with Crippen LogP contribution >= 0.6 is 0 Å². The molecule has 2 saturated carbocycles. The number of carbonyl (C=O) groups is 6. The molecule has 2 aromatic rings. The molecule has 65 heavy (non-hydrogen) atoms. The summed E-state index contributed by atoms with van der Waals surface area (Å²) in [5.41, 5.74) is -5.32. The topological polar surface area (TPSA) is 237 Å². The van der Waals surface area contributed by atoms with Gasteiger partial charge >= 0.3 is 29.8 Å². The third-order valence-electron chi connectivity index (χ3n) is 14.2. The minimum Gasteiger partial charge on any atom is -0.455 e. The number of ketones is 1. The van der Waals surface area contributed by atoms with Crippen molar-refractivity contribution in [1.29, 1.82) is 0 Å². The maximum Gasteiger partial charge on any atom is 0.348 e. The van der Waals surface area contributed by atoms with Crippen molar-refractivity contribution in [2.45, 2.75) is 128 Å². The van der Waals surface area contributed by atoms with E-state index in [1.807, 2.05) is 18.2 Å². The number of nitrogens with zero attached hydrogens (tertiary/aromatic N) is 1. The average Bonchev–Trinajstić information content (AvgIpc) is 3.27. The number of allylic oxidation sites excluding steroid dienone is 3. The van der Waals surface area contributed by atoms with Crippen molar-refractivity contribution in [2.75, 3.05) is 6.61 Å². The summed E-state index contributed by atoms with van der Waals surface area (Å²) in [5.74, 6) is -1.31. The smallest absolute Gasteiger partial charge is 0.348 e. The van der Waals surface area contributed by atoms with Gasteiger partial charge in [-0.15, -0.1) is 0 Å². The minimum atomic E-state index is -2.36. The van der Waals surface area contributed by atoms with Crippen molar-refractivity contribution in [3.8, 4) is 0 Å². The van der Waals surface area contributed by atoms with Crippen molar-refractivity contribution in [3.63, 3.8) is 0 Å². The summed E-state index contributed by atoms with van der Waals surface area (Å²) in [6.45, 7) is 9.85. The van der Waals surface area contributed by atoms with Gasteiger partial charge in [0.15, 0.2) is 17.5 Å². The molecule has 0 spiro atoms. The van der Waals surface area contributed by atoms with Crippen LogP contribution in [0.5, 0.6) is 0 Å². The maximum atomic E-state index is 15.6. The normalized spacial score (nSPS) is 31.9. The number of esters is 5. The number of aliphatic hydroxyl groups is 2. The van der Waals surface area contributed by atoms with Crippen LogP contribution in [0.3, 0.4) is 0 Å². The molecule has 0 aromatic heterocycles. The SMILES string of the molecule is CC(=O)O[C@@H]1C(=O)[C@]2(C)C([C@@H](OC(=O)c3ccccc3)[C@@]3(O)C[C@@H](OC(=O)[C@H](CC4=CC=CCC4)OC(=O)c4ccc(/C(C)=N/N)cc4)C(C)=C1C3(C)C)[C@@]1(OC(C)=O)CO[C@H]1C[C@H]2O. The van der Waals surface area contributed by atoms with Gasteiger partial charge in [-0.05, 0) is 74.6 Å². The molecule has 4 aliphatic carbocycles. The summed E-state index contributed by atoms with van der Waals surface area (Å²) in [5, 5.41) is 29.6. The lowest BCUT2D eigenvalue weighted by atomic mass is 9.44. The van der Waals surface area contributed by atoms with Gasteiger partial charge in [-0.25, -0.2) is 14.4 Å². The molecule has 1 saturated heterocycles. The zero-order valence-electron chi connectivity index (χ0n) is 37.5. The zero-order valence-corrected chi connectivity index (χ0v) is 37.5. The Balaban J connectivity index is 1.37. The van der Waals surface area contributed by atoms with Gasteiger partial charge in [0, 0.05) is 38.5 Å². The number of benzene rings is 2. The summed E-state index contributed by atoms with van der Waals surface area (Å²) in [6.07, 6.45) is -2.93. The number of hydrazone groups is 1. The first-order valence-electron chi connectivity index (χ1n) is 21.7. The number of hydrogen-bond donors (Lipinski definition) is 3. The second-order valence-corrected chi connectivity index (χ2v) is 18.4. The molecule has 2 bridgehead atoms. The van der Waals surface area contributed by atoms with Crippen LogP contribution in [0.25, 0.3) is 0 Å². The van der Waals surface area contributed by atoms with Gasteiger partial charge in [-0.1, -0.05) is 68.0 Å². The van der Waals surface area contributed by atoms with Gasteiger partial charge in [0.2, 0.25) is 6.10 Å². The van der Waals surface area contributed by atoms with E-state index in [1.54, 1.807) is 58.0 Å². The fraction of sp³-hybridized carbons (Fsp3) is 0.490. The highest BCUT2D eigenvalue weighted by Gasteiger charge is 2.78. The zero-order chi connectivity index (χ0) is 47.2. The second-order valence-electron chi connectivity index (χ2n) is 18.4. The van der Waals surface area contributed by atoms with E-state index >= 15 is 4.79 Å². The summed E-state index contributed by atoms with van der Waals surface area (Å²) in [4.78, 5) is 84.4. The number of rotatable bonds is 11. The Kier molecular flexibility index (Phi) is 12.9. The number of hydrogen-bond acceptors (Lipinski definition) is 16. The van der Waals surface area contributed by atoms with E-state index in [0.717, 1.165) is 12.5 Å². The monoisotopic (exact) mass is 896 g/mol. The van der Waals surface area contributed by atoms with Crippen LogP contribution in [0.15, 0.2) is 94.6 Å². The first-order chi connectivity index (χ1) is 30.7. The van der Waals surface area contributed by atoms with Gasteiger partial charge in [-0.3, -0.25) is 14.4 Å². The van der Waals surface area contributed by atoms with Crippen molar-refractivity contribution >= 4 is 41.3 Å². The highest BCUT2D eigenvalue weighted by atomic mass is 16.6. The molecular weight excluding hydrogens is 841 g/mol. The molecule has 10 atom stereocenters. The van der Waals surface area contributed by atoms with Crippen LogP contribution in [0.1, 0.15) is 107 Å². The van der Waals surface area contributed by atoms with Crippen LogP contribution < -0.4 is 5.84 Å². The van der Waals surface area contributed by atoms with Crippen molar-refractivity contribution in [1.82, 2.24) is 0 Å². The molecule has 3 fully saturated rings. The van der Waals surface area contributed by atoms with Gasteiger partial charge in [0.1, 0.15) is 23.9 Å². The van der Waals surface area contributed by atoms with Gasteiger partial charge < -0.3 is 44.5 Å². The molecule has 7 rings (SSSR count). The number of fused-ring (bicyclic) bond motifs is 5. The number of Topliss-reactive ketones (excluding diaryl/α,β-unsaturated/α-hetero) is 1. The predicted molar refractivity (Wildman–Crippen MR) is 232 cm³/mol. The number of aliphatic hydroxyl groups excluding tert-OH is 1. The van der Waals surface area contributed by atoms with Crippen LogP contribution in [0.2, 0.25) is 0 Å². The Hall–Kier alpha value is -5.97. The molecule has 0 amide bonds. The molecule has 2 aromatic carbocycles. The Morgan fingerprint density at radius 3 is 2.15 bits per heavy atom. The summed E-state index contributed by atoms with van der Waals surface area (Å²) in [6, 6.07) is 14.2. The predicted octanol–water partition coefficient (Wildman–Crippen LogP) is 4.78. The van der Waals surface area contributed by atoms with E-state index in [2.05, 4.69) is 5.10 Å². The lowest BCUT2D eigenvalue weighted by Gasteiger charge is -2.67. The van der Waals surface area contributed by atoms with Gasteiger partial charge in [0.05, 0.1) is 40.9 Å². The Labute approximate surface area is 376 Å². The fourth-order valence-electron chi connectivity index (χ4n) is 10.6. The quantitative estimate of drug-likeness (QED) is 0.0688. The first kappa shape index (κ1) is 47.0. The van der Waals surface area contributed by atoms with Gasteiger partial charge in [0.25, 0.3) is 0 Å². The molecule has 4 N–H and O–H groups in total. The van der Waals surface area contributed by atoms with E-state index in [-0.39, 0.29) is 41.7 Å². The maximum absolute atomic E-state index is 15.6. The second kappa shape index (κ2) is 17.8. The molecule has 1 unspecified atom stereocenters. The Morgan fingerprint density at radius 2 is 1.57 bits per heavy atom. The third-order valence-corrected chi connectivity index (χ3v) is 14.2. The largest absolute Gasteiger partial charge is 0.455 e. The highest BCUT2D eigenvalue weighted by Crippen LogP contribution is 2.64. The molecular formula is C49H56N2O14. The molecule has 16 heteroatoms. The fourth-order valence-corrected chi connectivity index (χ4v) is 10.6. The lowest BCUT2D eigenvalue weighted by molar-refractivity contribution is -0.346. The van der Waals surface area contributed by atoms with Crippen LogP contribution in [-0.4, -0.2) is 106 Å². The van der Waals surface area contributed by atoms with Gasteiger partial charge in [-0.2, -0.15) is 5.10 Å². The van der Waals surface area contributed by atoms with Crippen molar-refractivity contribution in [2.24, 2.45) is 27.7 Å². The van der Waals surface area contributed by atoms with E-state index in [4.69, 9.17) is 34.3 Å². The molecule has 1 heterocycles. The van der Waals surface area contributed by atoms with E-state index < -0.39 is 107 Å².